The maximum absolute atomic E-state index is 11.2. The van der Waals surface area contributed by atoms with Crippen molar-refractivity contribution < 1.29 is 19.5 Å². The summed E-state index contributed by atoms with van der Waals surface area (Å²) in [5, 5.41) is 8.99. The van der Waals surface area contributed by atoms with Crippen LogP contribution in [0.15, 0.2) is 29.2 Å². The van der Waals surface area contributed by atoms with Gasteiger partial charge < -0.3 is 5.11 Å². The van der Waals surface area contributed by atoms with Crippen molar-refractivity contribution in [3.05, 3.63) is 29.3 Å². The molecule has 0 bridgehead atoms. The van der Waals surface area contributed by atoms with E-state index in [1.165, 1.54) is 0 Å². The molecule has 1 aromatic carbocycles. The van der Waals surface area contributed by atoms with Crippen molar-refractivity contribution in [1.29, 1.82) is 0 Å². The number of nitrogens with one attached hydrogen (secondary N) is 1. The normalized spacial score (nSPS) is 10.2. The molecule has 19 heavy (non-hydrogen) atoms. The standard InChI is InChI=1S/C12H14ClNO4S/c13-9-3-5-10(6-4-9)19-7-1-2-11(15)14-18-8-12(16)17/h3-6H,1-2,7-8H2,(H,14,15)(H,16,17). The van der Waals surface area contributed by atoms with Gasteiger partial charge in [-0.05, 0) is 36.4 Å². The Labute approximate surface area is 120 Å². The van der Waals surface area contributed by atoms with Crippen molar-refractivity contribution in [3.8, 4) is 0 Å². The monoisotopic (exact) mass is 303 g/mol. The van der Waals surface area contributed by atoms with Gasteiger partial charge in [-0.1, -0.05) is 11.6 Å². The van der Waals surface area contributed by atoms with Crippen LogP contribution in [0.2, 0.25) is 5.02 Å². The van der Waals surface area contributed by atoms with Crippen LogP contribution in [0.25, 0.3) is 0 Å². The smallest absolute Gasteiger partial charge is 0.332 e. The molecular weight excluding hydrogens is 290 g/mol. The van der Waals surface area contributed by atoms with E-state index < -0.39 is 12.6 Å². The first-order valence-corrected chi connectivity index (χ1v) is 6.95. The third-order valence-corrected chi connectivity index (χ3v) is 3.36. The molecule has 1 amide bonds. The van der Waals surface area contributed by atoms with E-state index >= 15 is 0 Å². The van der Waals surface area contributed by atoms with E-state index in [2.05, 4.69) is 10.3 Å². The summed E-state index contributed by atoms with van der Waals surface area (Å²) in [4.78, 5) is 26.9. The zero-order valence-corrected chi connectivity index (χ0v) is 11.7. The Balaban J connectivity index is 2.08. The number of carbonyl (C=O) groups excluding carboxylic acids is 1. The lowest BCUT2D eigenvalue weighted by molar-refractivity contribution is -0.149. The fourth-order valence-electron chi connectivity index (χ4n) is 1.18. The van der Waals surface area contributed by atoms with Gasteiger partial charge in [0, 0.05) is 16.3 Å². The number of hydroxylamine groups is 1. The van der Waals surface area contributed by atoms with Gasteiger partial charge in [0.15, 0.2) is 6.61 Å². The van der Waals surface area contributed by atoms with Gasteiger partial charge in [0.1, 0.15) is 0 Å². The fourth-order valence-corrected chi connectivity index (χ4v) is 2.16. The molecule has 0 saturated heterocycles. The van der Waals surface area contributed by atoms with Gasteiger partial charge in [0.2, 0.25) is 5.91 Å². The van der Waals surface area contributed by atoms with Crippen LogP contribution < -0.4 is 5.48 Å². The summed E-state index contributed by atoms with van der Waals surface area (Å²) in [7, 11) is 0. The van der Waals surface area contributed by atoms with E-state index in [9.17, 15) is 9.59 Å². The first kappa shape index (κ1) is 15.8. The fraction of sp³-hybridized carbons (Fsp3) is 0.333. The van der Waals surface area contributed by atoms with Crippen molar-refractivity contribution >= 4 is 35.2 Å². The highest BCUT2D eigenvalue weighted by Crippen LogP contribution is 2.21. The van der Waals surface area contributed by atoms with Crippen LogP contribution in [0.3, 0.4) is 0 Å². The summed E-state index contributed by atoms with van der Waals surface area (Å²) in [5.74, 6) is -0.662. The molecule has 0 heterocycles. The molecule has 0 radical (unpaired) electrons. The van der Waals surface area contributed by atoms with Crippen LogP contribution in [0.1, 0.15) is 12.8 Å². The topological polar surface area (TPSA) is 75.6 Å². The van der Waals surface area contributed by atoms with E-state index in [1.807, 2.05) is 24.3 Å². The van der Waals surface area contributed by atoms with Crippen molar-refractivity contribution in [3.63, 3.8) is 0 Å². The number of carbonyl (C=O) groups is 2. The average molecular weight is 304 g/mol. The number of thioether (sulfide) groups is 1. The highest BCUT2D eigenvalue weighted by Gasteiger charge is 2.03. The van der Waals surface area contributed by atoms with Gasteiger partial charge in [-0.15, -0.1) is 11.8 Å². The van der Waals surface area contributed by atoms with E-state index in [0.717, 1.165) is 10.6 Å². The number of hydrogen-bond donors (Lipinski definition) is 2. The molecule has 0 aliphatic rings. The summed E-state index contributed by atoms with van der Waals surface area (Å²) in [6.45, 7) is -0.536. The molecule has 1 rings (SSSR count). The average Bonchev–Trinajstić information content (AvgIpc) is 2.36. The lowest BCUT2D eigenvalue weighted by Crippen LogP contribution is -2.26. The Morgan fingerprint density at radius 3 is 2.63 bits per heavy atom. The molecule has 0 fully saturated rings. The summed E-state index contributed by atoms with van der Waals surface area (Å²) in [6.07, 6.45) is 0.968. The maximum Gasteiger partial charge on any atom is 0.332 e. The molecule has 0 saturated carbocycles. The summed E-state index contributed by atoms with van der Waals surface area (Å²) < 4.78 is 0. The highest BCUT2D eigenvalue weighted by atomic mass is 35.5. The molecule has 1 aromatic rings. The minimum atomic E-state index is -1.13. The number of rotatable bonds is 8. The van der Waals surface area contributed by atoms with Gasteiger partial charge in [-0.25, -0.2) is 10.3 Å². The van der Waals surface area contributed by atoms with Crippen molar-refractivity contribution in [1.82, 2.24) is 5.48 Å². The molecule has 5 nitrogen and oxygen atoms in total. The van der Waals surface area contributed by atoms with Crippen LogP contribution in [0.4, 0.5) is 0 Å². The Kier molecular flexibility index (Phi) is 7.32. The first-order valence-electron chi connectivity index (χ1n) is 5.58. The third-order valence-electron chi connectivity index (χ3n) is 2.01. The van der Waals surface area contributed by atoms with Crippen LogP contribution in [-0.2, 0) is 14.4 Å². The van der Waals surface area contributed by atoms with Gasteiger partial charge in [-0.3, -0.25) is 9.63 Å². The lowest BCUT2D eigenvalue weighted by Gasteiger charge is -2.04. The Morgan fingerprint density at radius 2 is 2.00 bits per heavy atom. The summed E-state index contributed by atoms with van der Waals surface area (Å²) >= 11 is 7.39. The Morgan fingerprint density at radius 1 is 1.32 bits per heavy atom. The quantitative estimate of drug-likeness (QED) is 0.438. The second-order valence-corrected chi connectivity index (χ2v) is 5.22. The van der Waals surface area contributed by atoms with Crippen LogP contribution in [0, 0.1) is 0 Å². The van der Waals surface area contributed by atoms with E-state index in [4.69, 9.17) is 16.7 Å². The SMILES string of the molecule is O=C(O)CONC(=O)CCCSc1ccc(Cl)cc1. The predicted molar refractivity (Wildman–Crippen MR) is 73.1 cm³/mol. The molecular formula is C12H14ClNO4S. The molecule has 0 spiro atoms. The molecule has 7 heteroatoms. The summed E-state index contributed by atoms with van der Waals surface area (Å²) in [6, 6.07) is 7.47. The number of amides is 1. The van der Waals surface area contributed by atoms with Crippen LogP contribution >= 0.6 is 23.4 Å². The van der Waals surface area contributed by atoms with Gasteiger partial charge >= 0.3 is 5.97 Å². The summed E-state index contributed by atoms with van der Waals surface area (Å²) in [5.41, 5.74) is 2.07. The van der Waals surface area contributed by atoms with E-state index in [1.54, 1.807) is 11.8 Å². The number of hydrogen-bond acceptors (Lipinski definition) is 4. The minimum Gasteiger partial charge on any atom is -0.479 e. The molecule has 0 aliphatic heterocycles. The molecule has 0 aliphatic carbocycles. The largest absolute Gasteiger partial charge is 0.479 e. The third kappa shape index (κ3) is 7.71. The lowest BCUT2D eigenvalue weighted by atomic mass is 10.3. The molecule has 0 atom stereocenters. The number of halogens is 1. The minimum absolute atomic E-state index is 0.292. The zero-order valence-electron chi connectivity index (χ0n) is 10.1. The first-order chi connectivity index (χ1) is 9.08. The zero-order chi connectivity index (χ0) is 14.1. The predicted octanol–water partition coefficient (Wildman–Crippen LogP) is 2.34. The van der Waals surface area contributed by atoms with Crippen molar-refractivity contribution in [2.45, 2.75) is 17.7 Å². The Hall–Kier alpha value is -1.24. The number of benzene rings is 1. The number of aliphatic carboxylic acids is 1. The molecule has 0 unspecified atom stereocenters. The van der Waals surface area contributed by atoms with E-state index in [-0.39, 0.29) is 5.91 Å². The Bertz CT molecular complexity index is 424. The van der Waals surface area contributed by atoms with Crippen LogP contribution in [-0.4, -0.2) is 29.3 Å². The maximum atomic E-state index is 11.2. The second-order valence-electron chi connectivity index (χ2n) is 3.61. The van der Waals surface area contributed by atoms with Crippen molar-refractivity contribution in [2.75, 3.05) is 12.4 Å². The molecule has 2 N–H and O–H groups in total. The van der Waals surface area contributed by atoms with Crippen molar-refractivity contribution in [2.24, 2.45) is 0 Å². The second kappa shape index (κ2) is 8.79. The van der Waals surface area contributed by atoms with Gasteiger partial charge in [0.25, 0.3) is 0 Å². The van der Waals surface area contributed by atoms with Gasteiger partial charge in [-0.2, -0.15) is 0 Å². The highest BCUT2D eigenvalue weighted by molar-refractivity contribution is 7.99. The molecule has 104 valence electrons. The van der Waals surface area contributed by atoms with E-state index in [0.29, 0.717) is 17.9 Å². The van der Waals surface area contributed by atoms with Gasteiger partial charge in [0.05, 0.1) is 0 Å². The molecule has 0 aromatic heterocycles. The number of carboxylic acid groups (broad SMARTS) is 1. The number of carboxylic acids is 1. The van der Waals surface area contributed by atoms with Crippen LogP contribution in [0.5, 0.6) is 0 Å².